The molecule has 3 rings (SSSR count). The molecule has 1 saturated heterocycles. The SMILES string of the molecule is CCCNc1nc(C)cc(N2CCN(C3CC3)CC2)n1. The predicted molar refractivity (Wildman–Crippen MR) is 82.4 cm³/mol. The highest BCUT2D eigenvalue weighted by Gasteiger charge is 2.31. The lowest BCUT2D eigenvalue weighted by molar-refractivity contribution is 0.247. The highest BCUT2D eigenvalue weighted by molar-refractivity contribution is 5.45. The number of hydrogen-bond acceptors (Lipinski definition) is 5. The maximum atomic E-state index is 4.67. The van der Waals surface area contributed by atoms with Gasteiger partial charge in [-0.05, 0) is 26.2 Å². The van der Waals surface area contributed by atoms with E-state index in [1.54, 1.807) is 0 Å². The Kier molecular flexibility index (Phi) is 4.05. The molecule has 0 spiro atoms. The highest BCUT2D eigenvalue weighted by Crippen LogP contribution is 2.28. The Hall–Kier alpha value is -1.36. The normalized spacial score (nSPS) is 20.2. The van der Waals surface area contributed by atoms with Crippen LogP contribution in [0.4, 0.5) is 11.8 Å². The molecule has 1 N–H and O–H groups in total. The molecule has 1 aliphatic heterocycles. The summed E-state index contributed by atoms with van der Waals surface area (Å²) >= 11 is 0. The van der Waals surface area contributed by atoms with Crippen LogP contribution in [-0.4, -0.2) is 53.6 Å². The summed E-state index contributed by atoms with van der Waals surface area (Å²) in [5.74, 6) is 1.85. The standard InChI is InChI=1S/C15H25N5/c1-3-6-16-15-17-12(2)11-14(18-15)20-9-7-19(8-10-20)13-4-5-13/h11,13H,3-10H2,1-2H3,(H,16,17,18). The van der Waals surface area contributed by atoms with Crippen LogP contribution in [0.2, 0.25) is 0 Å². The van der Waals surface area contributed by atoms with Crippen molar-refractivity contribution < 1.29 is 0 Å². The van der Waals surface area contributed by atoms with Crippen LogP contribution in [0.5, 0.6) is 0 Å². The van der Waals surface area contributed by atoms with Gasteiger partial charge in [0.15, 0.2) is 0 Å². The third-order valence-corrected chi connectivity index (χ3v) is 4.08. The van der Waals surface area contributed by atoms with Gasteiger partial charge in [-0.2, -0.15) is 4.98 Å². The molecule has 1 aliphatic carbocycles. The second-order valence-electron chi connectivity index (χ2n) is 5.87. The van der Waals surface area contributed by atoms with Gasteiger partial charge >= 0.3 is 0 Å². The summed E-state index contributed by atoms with van der Waals surface area (Å²) in [6.45, 7) is 9.64. The fraction of sp³-hybridized carbons (Fsp3) is 0.733. The number of aryl methyl sites for hydroxylation is 1. The van der Waals surface area contributed by atoms with Gasteiger partial charge in [-0.25, -0.2) is 4.98 Å². The van der Waals surface area contributed by atoms with Crippen LogP contribution in [0.3, 0.4) is 0 Å². The molecule has 0 amide bonds. The van der Waals surface area contributed by atoms with E-state index in [-0.39, 0.29) is 0 Å². The molecule has 0 aromatic carbocycles. The van der Waals surface area contributed by atoms with Crippen LogP contribution < -0.4 is 10.2 Å². The Morgan fingerprint density at radius 1 is 1.20 bits per heavy atom. The maximum absolute atomic E-state index is 4.67. The number of anilines is 2. The number of piperazine rings is 1. The van der Waals surface area contributed by atoms with E-state index in [0.717, 1.165) is 49.6 Å². The average Bonchev–Trinajstić information content (AvgIpc) is 3.29. The molecule has 0 unspecified atom stereocenters. The summed E-state index contributed by atoms with van der Waals surface area (Å²) in [5, 5.41) is 3.29. The molecule has 1 aromatic rings. The molecular formula is C15H25N5. The van der Waals surface area contributed by atoms with Crippen molar-refractivity contribution in [2.45, 2.75) is 39.2 Å². The molecule has 5 nitrogen and oxygen atoms in total. The Balaban J connectivity index is 1.65. The van der Waals surface area contributed by atoms with E-state index in [1.165, 1.54) is 25.9 Å². The first kappa shape index (κ1) is 13.6. The van der Waals surface area contributed by atoms with Gasteiger partial charge in [-0.15, -0.1) is 0 Å². The van der Waals surface area contributed by atoms with Crippen molar-refractivity contribution >= 4 is 11.8 Å². The number of rotatable bonds is 5. The van der Waals surface area contributed by atoms with Gasteiger partial charge in [0.1, 0.15) is 5.82 Å². The van der Waals surface area contributed by atoms with E-state index in [9.17, 15) is 0 Å². The second-order valence-corrected chi connectivity index (χ2v) is 5.87. The van der Waals surface area contributed by atoms with Crippen LogP contribution in [0, 0.1) is 6.92 Å². The molecule has 110 valence electrons. The highest BCUT2D eigenvalue weighted by atomic mass is 15.3. The van der Waals surface area contributed by atoms with E-state index in [4.69, 9.17) is 0 Å². The molecule has 0 radical (unpaired) electrons. The molecule has 0 bridgehead atoms. The Labute approximate surface area is 121 Å². The summed E-state index contributed by atoms with van der Waals surface area (Å²) in [6.07, 6.45) is 3.89. The number of nitrogens with one attached hydrogen (secondary N) is 1. The van der Waals surface area contributed by atoms with Crippen molar-refractivity contribution in [3.05, 3.63) is 11.8 Å². The largest absolute Gasteiger partial charge is 0.354 e. The molecule has 0 atom stereocenters. The van der Waals surface area contributed by atoms with E-state index in [1.807, 2.05) is 6.92 Å². The third-order valence-electron chi connectivity index (χ3n) is 4.08. The smallest absolute Gasteiger partial charge is 0.224 e. The zero-order chi connectivity index (χ0) is 13.9. The summed E-state index contributed by atoms with van der Waals surface area (Å²) < 4.78 is 0. The first-order valence-electron chi connectivity index (χ1n) is 7.85. The van der Waals surface area contributed by atoms with Crippen molar-refractivity contribution in [3.8, 4) is 0 Å². The van der Waals surface area contributed by atoms with Gasteiger partial charge in [-0.3, -0.25) is 4.90 Å². The third kappa shape index (κ3) is 3.20. The topological polar surface area (TPSA) is 44.3 Å². The van der Waals surface area contributed by atoms with Gasteiger partial charge in [0.2, 0.25) is 5.95 Å². The zero-order valence-corrected chi connectivity index (χ0v) is 12.6. The molecule has 2 fully saturated rings. The minimum atomic E-state index is 0.770. The van der Waals surface area contributed by atoms with Gasteiger partial charge in [-0.1, -0.05) is 6.92 Å². The lowest BCUT2D eigenvalue weighted by atomic mass is 10.3. The fourth-order valence-electron chi connectivity index (χ4n) is 2.79. The molecule has 20 heavy (non-hydrogen) atoms. The van der Waals surface area contributed by atoms with E-state index < -0.39 is 0 Å². The molecule has 1 aromatic heterocycles. The minimum absolute atomic E-state index is 0.770. The first-order valence-corrected chi connectivity index (χ1v) is 7.85. The van der Waals surface area contributed by atoms with Crippen molar-refractivity contribution in [3.63, 3.8) is 0 Å². The van der Waals surface area contributed by atoms with E-state index in [0.29, 0.717) is 0 Å². The lowest BCUT2D eigenvalue weighted by Crippen LogP contribution is -2.47. The predicted octanol–water partition coefficient (Wildman–Crippen LogP) is 1.89. The van der Waals surface area contributed by atoms with Crippen molar-refractivity contribution in [2.24, 2.45) is 0 Å². The first-order chi connectivity index (χ1) is 9.76. The summed E-state index contributed by atoms with van der Waals surface area (Å²) in [7, 11) is 0. The number of hydrogen-bond donors (Lipinski definition) is 1. The summed E-state index contributed by atoms with van der Waals surface area (Å²) in [4.78, 5) is 14.1. The van der Waals surface area contributed by atoms with Crippen molar-refractivity contribution in [2.75, 3.05) is 42.9 Å². The fourth-order valence-corrected chi connectivity index (χ4v) is 2.79. The molecule has 2 heterocycles. The minimum Gasteiger partial charge on any atom is -0.354 e. The van der Waals surface area contributed by atoms with Crippen LogP contribution >= 0.6 is 0 Å². The molecule has 2 aliphatic rings. The van der Waals surface area contributed by atoms with Gasteiger partial charge < -0.3 is 10.2 Å². The number of nitrogens with zero attached hydrogens (tertiary/aromatic N) is 4. The van der Waals surface area contributed by atoms with Crippen LogP contribution in [0.25, 0.3) is 0 Å². The van der Waals surface area contributed by atoms with Crippen LogP contribution in [0.15, 0.2) is 6.07 Å². The monoisotopic (exact) mass is 275 g/mol. The van der Waals surface area contributed by atoms with E-state index >= 15 is 0 Å². The maximum Gasteiger partial charge on any atom is 0.224 e. The second kappa shape index (κ2) is 5.95. The van der Waals surface area contributed by atoms with Crippen molar-refractivity contribution in [1.29, 1.82) is 0 Å². The quantitative estimate of drug-likeness (QED) is 0.889. The van der Waals surface area contributed by atoms with Gasteiger partial charge in [0.05, 0.1) is 0 Å². The van der Waals surface area contributed by atoms with Gasteiger partial charge in [0.25, 0.3) is 0 Å². The van der Waals surface area contributed by atoms with Crippen LogP contribution in [-0.2, 0) is 0 Å². The Bertz CT molecular complexity index is 450. The summed E-state index contributed by atoms with van der Waals surface area (Å²) in [5.41, 5.74) is 1.04. The molecule has 5 heteroatoms. The van der Waals surface area contributed by atoms with Crippen LogP contribution in [0.1, 0.15) is 31.9 Å². The molecular weight excluding hydrogens is 250 g/mol. The van der Waals surface area contributed by atoms with E-state index in [2.05, 4.69) is 38.1 Å². The van der Waals surface area contributed by atoms with Gasteiger partial charge in [0, 0.05) is 50.5 Å². The zero-order valence-electron chi connectivity index (χ0n) is 12.6. The average molecular weight is 275 g/mol. The lowest BCUT2D eigenvalue weighted by Gasteiger charge is -2.35. The Morgan fingerprint density at radius 3 is 2.60 bits per heavy atom. The van der Waals surface area contributed by atoms with Crippen molar-refractivity contribution in [1.82, 2.24) is 14.9 Å². The molecule has 1 saturated carbocycles. The number of aromatic nitrogens is 2. The summed E-state index contributed by atoms with van der Waals surface area (Å²) in [6, 6.07) is 2.98. The Morgan fingerprint density at radius 2 is 1.95 bits per heavy atom.